The van der Waals surface area contributed by atoms with Gasteiger partial charge < -0.3 is 23.6 Å². The number of hydrogen-bond acceptors (Lipinski definition) is 8. The van der Waals surface area contributed by atoms with E-state index in [0.29, 0.717) is 28.4 Å². The number of ether oxygens (including phenoxy) is 2. The lowest BCUT2D eigenvalue weighted by Crippen LogP contribution is -1.91. The van der Waals surface area contributed by atoms with E-state index in [0.717, 1.165) is 11.3 Å². The third-order valence-corrected chi connectivity index (χ3v) is 4.26. The van der Waals surface area contributed by atoms with E-state index in [1.807, 2.05) is 48.5 Å². The van der Waals surface area contributed by atoms with Crippen molar-refractivity contribution in [1.82, 2.24) is 15.3 Å². The highest BCUT2D eigenvalue weighted by molar-refractivity contribution is 5.81. The average Bonchev–Trinajstić information content (AvgIpc) is 3.40. The van der Waals surface area contributed by atoms with Crippen LogP contribution in [0.1, 0.15) is 5.76 Å². The van der Waals surface area contributed by atoms with Gasteiger partial charge in [-0.1, -0.05) is 22.4 Å². The molecule has 2 aromatic carbocycles. The molecule has 28 heavy (non-hydrogen) atoms. The lowest BCUT2D eigenvalue weighted by molar-refractivity contribution is 0.229. The summed E-state index contributed by atoms with van der Waals surface area (Å²) in [6.07, 6.45) is 0. The highest BCUT2D eigenvalue weighted by Gasteiger charge is 2.26. The Kier molecular flexibility index (Phi) is 4.77. The van der Waals surface area contributed by atoms with Crippen LogP contribution in [-0.2, 0) is 6.61 Å². The summed E-state index contributed by atoms with van der Waals surface area (Å²) in [7, 11) is 3.17. The monoisotopic (exact) mass is 379 g/mol. The Morgan fingerprint density at radius 3 is 2.43 bits per heavy atom. The Labute approximate surface area is 160 Å². The number of aromatic nitrogens is 3. The molecule has 8 nitrogen and oxygen atoms in total. The number of aliphatic hydroxyl groups is 1. The van der Waals surface area contributed by atoms with Crippen LogP contribution in [0.4, 0.5) is 0 Å². The van der Waals surface area contributed by atoms with Gasteiger partial charge in [0.05, 0.1) is 14.2 Å². The zero-order valence-electron chi connectivity index (χ0n) is 15.2. The van der Waals surface area contributed by atoms with Crippen LogP contribution in [-0.4, -0.2) is 34.6 Å². The van der Waals surface area contributed by atoms with E-state index in [9.17, 15) is 5.11 Å². The van der Waals surface area contributed by atoms with Gasteiger partial charge in [-0.05, 0) is 36.4 Å². The largest absolute Gasteiger partial charge is 0.497 e. The van der Waals surface area contributed by atoms with Gasteiger partial charge in [-0.2, -0.15) is 4.98 Å². The molecule has 0 amide bonds. The lowest BCUT2D eigenvalue weighted by Gasteiger charge is -2.05. The van der Waals surface area contributed by atoms with Gasteiger partial charge in [-0.15, -0.1) is 0 Å². The van der Waals surface area contributed by atoms with Gasteiger partial charge in [-0.3, -0.25) is 0 Å². The fourth-order valence-electron chi connectivity index (χ4n) is 2.86. The molecule has 0 radical (unpaired) electrons. The van der Waals surface area contributed by atoms with Crippen LogP contribution in [0.5, 0.6) is 11.5 Å². The minimum atomic E-state index is -0.363. The molecule has 0 spiro atoms. The van der Waals surface area contributed by atoms with Crippen molar-refractivity contribution in [3.05, 3.63) is 54.3 Å². The van der Waals surface area contributed by atoms with Gasteiger partial charge in [0.2, 0.25) is 5.82 Å². The summed E-state index contributed by atoms with van der Waals surface area (Å²) in [5, 5.41) is 17.8. The van der Waals surface area contributed by atoms with Crippen molar-refractivity contribution in [1.29, 1.82) is 0 Å². The topological polar surface area (TPSA) is 104 Å². The number of methoxy groups -OCH3 is 2. The maximum absolute atomic E-state index is 9.68. The quantitative estimate of drug-likeness (QED) is 0.542. The summed E-state index contributed by atoms with van der Waals surface area (Å²) >= 11 is 0. The lowest BCUT2D eigenvalue weighted by atomic mass is 10.0. The van der Waals surface area contributed by atoms with Crippen molar-refractivity contribution in [3.63, 3.8) is 0 Å². The Hall–Kier alpha value is -3.65. The second-order valence-electron chi connectivity index (χ2n) is 5.84. The summed E-state index contributed by atoms with van der Waals surface area (Å²) in [4.78, 5) is 4.46. The zero-order chi connectivity index (χ0) is 19.5. The molecule has 2 heterocycles. The predicted octanol–water partition coefficient (Wildman–Crippen LogP) is 3.57. The molecular formula is C20H17N3O5. The summed E-state index contributed by atoms with van der Waals surface area (Å²) in [6.45, 7) is -0.363. The molecule has 0 aliphatic rings. The van der Waals surface area contributed by atoms with Gasteiger partial charge in [0.1, 0.15) is 29.4 Å². The van der Waals surface area contributed by atoms with Crippen molar-refractivity contribution in [2.75, 3.05) is 14.2 Å². The highest BCUT2D eigenvalue weighted by Crippen LogP contribution is 2.38. The first-order valence-electron chi connectivity index (χ1n) is 8.46. The number of rotatable bonds is 6. The first-order chi connectivity index (χ1) is 13.7. The Balaban J connectivity index is 1.79. The molecule has 0 fully saturated rings. The third-order valence-electron chi connectivity index (χ3n) is 4.26. The zero-order valence-corrected chi connectivity index (χ0v) is 15.2. The molecule has 0 aliphatic carbocycles. The van der Waals surface area contributed by atoms with E-state index >= 15 is 0 Å². The van der Waals surface area contributed by atoms with Crippen LogP contribution in [0.2, 0.25) is 0 Å². The Morgan fingerprint density at radius 1 is 0.929 bits per heavy atom. The van der Waals surface area contributed by atoms with E-state index in [1.165, 1.54) is 0 Å². The second-order valence-corrected chi connectivity index (χ2v) is 5.84. The van der Waals surface area contributed by atoms with Crippen molar-refractivity contribution in [2.24, 2.45) is 0 Å². The molecule has 8 heteroatoms. The number of para-hydroxylation sites is 1. The maximum atomic E-state index is 9.68. The Bertz CT molecular complexity index is 1090. The van der Waals surface area contributed by atoms with Crippen molar-refractivity contribution in [3.8, 4) is 45.6 Å². The molecule has 4 aromatic rings. The fourth-order valence-corrected chi connectivity index (χ4v) is 2.86. The third kappa shape index (κ3) is 3.10. The number of nitrogens with zero attached hydrogens (tertiary/aromatic N) is 3. The van der Waals surface area contributed by atoms with Crippen LogP contribution < -0.4 is 9.47 Å². The van der Waals surface area contributed by atoms with Gasteiger partial charge in [-0.25, -0.2) is 0 Å². The van der Waals surface area contributed by atoms with E-state index < -0.39 is 0 Å². The van der Waals surface area contributed by atoms with Crippen LogP contribution in [0, 0.1) is 0 Å². The molecule has 0 saturated heterocycles. The van der Waals surface area contributed by atoms with Gasteiger partial charge in [0, 0.05) is 11.1 Å². The van der Waals surface area contributed by atoms with Crippen LogP contribution >= 0.6 is 0 Å². The molecule has 0 unspecified atom stereocenters. The molecule has 4 rings (SSSR count). The van der Waals surface area contributed by atoms with E-state index in [4.69, 9.17) is 18.5 Å². The van der Waals surface area contributed by atoms with E-state index in [2.05, 4.69) is 15.3 Å². The molecule has 142 valence electrons. The standard InChI is InChI=1S/C20H17N3O5/c1-25-13-9-7-12(8-10-13)19-21-20(28-23-19)17-16(11-24)27-22-18(17)14-5-3-4-6-15(14)26-2/h3-10,24H,11H2,1-2H3. The van der Waals surface area contributed by atoms with Crippen LogP contribution in [0.3, 0.4) is 0 Å². The predicted molar refractivity (Wildman–Crippen MR) is 99.7 cm³/mol. The highest BCUT2D eigenvalue weighted by atomic mass is 16.5. The first-order valence-corrected chi connectivity index (χ1v) is 8.46. The number of benzene rings is 2. The van der Waals surface area contributed by atoms with E-state index in [-0.39, 0.29) is 18.3 Å². The minimum absolute atomic E-state index is 0.192. The van der Waals surface area contributed by atoms with E-state index in [1.54, 1.807) is 14.2 Å². The summed E-state index contributed by atoms with van der Waals surface area (Å²) in [5.41, 5.74) is 2.33. The molecule has 0 bridgehead atoms. The summed E-state index contributed by atoms with van der Waals surface area (Å²) in [5.74, 6) is 2.15. The normalized spacial score (nSPS) is 10.8. The molecule has 0 saturated carbocycles. The van der Waals surface area contributed by atoms with Gasteiger partial charge >= 0.3 is 0 Å². The Morgan fingerprint density at radius 2 is 1.71 bits per heavy atom. The fraction of sp³-hybridized carbons (Fsp3) is 0.150. The van der Waals surface area contributed by atoms with Crippen molar-refractivity contribution < 1.29 is 23.6 Å². The second kappa shape index (κ2) is 7.53. The number of aliphatic hydroxyl groups excluding tert-OH is 1. The molecule has 1 N–H and O–H groups in total. The molecule has 0 aliphatic heterocycles. The smallest absolute Gasteiger partial charge is 0.264 e. The van der Waals surface area contributed by atoms with Crippen LogP contribution in [0.15, 0.2) is 57.6 Å². The van der Waals surface area contributed by atoms with Gasteiger partial charge in [0.15, 0.2) is 5.76 Å². The van der Waals surface area contributed by atoms with Gasteiger partial charge in [0.25, 0.3) is 5.89 Å². The van der Waals surface area contributed by atoms with Crippen molar-refractivity contribution in [2.45, 2.75) is 6.61 Å². The molecule has 0 atom stereocenters. The maximum Gasteiger partial charge on any atom is 0.264 e. The summed E-state index contributed by atoms with van der Waals surface area (Å²) in [6, 6.07) is 14.6. The first kappa shape index (κ1) is 17.7. The minimum Gasteiger partial charge on any atom is -0.497 e. The summed E-state index contributed by atoms with van der Waals surface area (Å²) < 4.78 is 21.3. The SMILES string of the molecule is COc1ccc(-c2noc(-c3c(-c4ccccc4OC)noc3CO)n2)cc1. The van der Waals surface area contributed by atoms with Crippen LogP contribution in [0.25, 0.3) is 34.1 Å². The molecular weight excluding hydrogens is 362 g/mol. The number of hydrogen-bond donors (Lipinski definition) is 1. The average molecular weight is 379 g/mol. The van der Waals surface area contributed by atoms with Crippen molar-refractivity contribution >= 4 is 0 Å². The molecule has 2 aromatic heterocycles.